The van der Waals surface area contributed by atoms with Gasteiger partial charge in [0.25, 0.3) is 0 Å². The van der Waals surface area contributed by atoms with Crippen LogP contribution in [0.4, 0.5) is 0 Å². The average molecular weight is 404 g/mol. The molecule has 2 bridgehead atoms. The van der Waals surface area contributed by atoms with Crippen molar-refractivity contribution in [2.75, 3.05) is 47.5 Å². The molecule has 2 aliphatic carbocycles. The minimum absolute atomic E-state index is 0.380. The summed E-state index contributed by atoms with van der Waals surface area (Å²) in [6.45, 7) is 4.51. The number of quaternary nitrogens is 1. The Morgan fingerprint density at radius 3 is 2.38 bits per heavy atom. The van der Waals surface area contributed by atoms with Gasteiger partial charge in [0.05, 0.1) is 53.1 Å². The van der Waals surface area contributed by atoms with Gasteiger partial charge >= 0.3 is 0 Å². The molecule has 0 radical (unpaired) electrons. The number of carbonyl (C=O) groups is 1. The molecule has 1 aromatic carbocycles. The highest BCUT2D eigenvalue weighted by molar-refractivity contribution is 5.76. The maximum absolute atomic E-state index is 12.8. The molecule has 1 saturated heterocycles. The summed E-state index contributed by atoms with van der Waals surface area (Å²) in [7, 11) is 4.94. The number of carbonyl (C=O) groups excluding carboxylic acids is 1. The van der Waals surface area contributed by atoms with Crippen molar-refractivity contribution in [2.24, 2.45) is 17.8 Å². The molecule has 1 N–H and O–H groups in total. The standard InChI is InChI=1S/C23H34N2O4/c1-27-20-7-6-18(22(28-2)23(20)29-3)15-24-8-10-25(11-9-24)21(26)14-19-13-16-4-5-17(19)12-16/h6-7,16-17,19H,4-5,8-15H2,1-3H3/p+1/t16-,17-,19+/m1/s1. The molecule has 0 spiro atoms. The number of rotatable bonds is 7. The summed E-state index contributed by atoms with van der Waals surface area (Å²) in [4.78, 5) is 16.4. The second-order valence-electron chi connectivity index (χ2n) is 8.94. The predicted octanol–water partition coefficient (Wildman–Crippen LogP) is 1.77. The Balaban J connectivity index is 1.31. The number of benzene rings is 1. The fourth-order valence-corrected chi connectivity index (χ4v) is 5.80. The van der Waals surface area contributed by atoms with Crippen molar-refractivity contribution in [1.29, 1.82) is 0 Å². The van der Waals surface area contributed by atoms with Gasteiger partial charge in [-0.1, -0.05) is 6.42 Å². The number of fused-ring (bicyclic) bond motifs is 2. The Morgan fingerprint density at radius 2 is 1.79 bits per heavy atom. The van der Waals surface area contributed by atoms with Crippen molar-refractivity contribution >= 4 is 5.91 Å². The summed E-state index contributed by atoms with van der Waals surface area (Å²) in [6, 6.07) is 3.99. The molecule has 6 heteroatoms. The van der Waals surface area contributed by atoms with Crippen LogP contribution in [0.3, 0.4) is 0 Å². The van der Waals surface area contributed by atoms with E-state index in [1.54, 1.807) is 21.3 Å². The predicted molar refractivity (Wildman–Crippen MR) is 111 cm³/mol. The van der Waals surface area contributed by atoms with Gasteiger partial charge in [-0.15, -0.1) is 0 Å². The molecule has 4 rings (SSSR count). The zero-order valence-electron chi connectivity index (χ0n) is 18.0. The van der Waals surface area contributed by atoms with Crippen LogP contribution >= 0.6 is 0 Å². The van der Waals surface area contributed by atoms with E-state index in [0.29, 0.717) is 23.3 Å². The number of piperazine rings is 1. The third kappa shape index (κ3) is 4.18. The van der Waals surface area contributed by atoms with Crippen molar-refractivity contribution in [3.8, 4) is 17.2 Å². The summed E-state index contributed by atoms with van der Waals surface area (Å²) in [5.74, 6) is 4.84. The summed E-state index contributed by atoms with van der Waals surface area (Å²) < 4.78 is 16.5. The Morgan fingerprint density at radius 1 is 1.03 bits per heavy atom. The van der Waals surface area contributed by atoms with Crippen LogP contribution in [0, 0.1) is 17.8 Å². The lowest BCUT2D eigenvalue weighted by atomic mass is 9.86. The third-order valence-corrected chi connectivity index (χ3v) is 7.37. The van der Waals surface area contributed by atoms with E-state index >= 15 is 0 Å². The highest BCUT2D eigenvalue weighted by atomic mass is 16.5. The molecule has 3 fully saturated rings. The highest BCUT2D eigenvalue weighted by Crippen LogP contribution is 2.49. The minimum Gasteiger partial charge on any atom is -0.493 e. The Bertz CT molecular complexity index is 730. The Kier molecular flexibility index (Phi) is 6.18. The lowest BCUT2D eigenvalue weighted by molar-refractivity contribution is -0.917. The zero-order chi connectivity index (χ0) is 20.4. The molecule has 29 heavy (non-hydrogen) atoms. The number of hydrogen-bond donors (Lipinski definition) is 1. The van der Waals surface area contributed by atoms with Gasteiger partial charge in [-0.3, -0.25) is 4.79 Å². The van der Waals surface area contributed by atoms with Crippen molar-refractivity contribution in [2.45, 2.75) is 38.6 Å². The molecule has 1 aliphatic heterocycles. The first-order chi connectivity index (χ1) is 14.1. The molecule has 3 atom stereocenters. The molecule has 0 aromatic heterocycles. The summed E-state index contributed by atoms with van der Waals surface area (Å²) >= 11 is 0. The smallest absolute Gasteiger partial charge is 0.223 e. The Hall–Kier alpha value is -1.95. The van der Waals surface area contributed by atoms with Gasteiger partial charge in [0.2, 0.25) is 11.7 Å². The highest BCUT2D eigenvalue weighted by Gasteiger charge is 2.41. The van der Waals surface area contributed by atoms with Gasteiger partial charge in [0.15, 0.2) is 11.5 Å². The quantitative estimate of drug-likeness (QED) is 0.754. The van der Waals surface area contributed by atoms with Crippen molar-refractivity contribution in [1.82, 2.24) is 4.90 Å². The molecule has 1 amide bonds. The minimum atomic E-state index is 0.380. The lowest BCUT2D eigenvalue weighted by Crippen LogP contribution is -3.13. The fraction of sp³-hybridized carbons (Fsp3) is 0.696. The first-order valence-electron chi connectivity index (χ1n) is 11.0. The van der Waals surface area contributed by atoms with E-state index in [1.807, 2.05) is 6.07 Å². The maximum Gasteiger partial charge on any atom is 0.223 e. The Labute approximate surface area is 174 Å². The topological polar surface area (TPSA) is 52.4 Å². The molecular formula is C23H35N2O4+. The molecule has 1 heterocycles. The van der Waals surface area contributed by atoms with Crippen LogP contribution in [-0.2, 0) is 11.3 Å². The first-order valence-corrected chi connectivity index (χ1v) is 11.0. The van der Waals surface area contributed by atoms with Crippen molar-refractivity contribution < 1.29 is 23.9 Å². The molecule has 0 unspecified atom stereocenters. The van der Waals surface area contributed by atoms with Gasteiger partial charge in [0.1, 0.15) is 6.54 Å². The SMILES string of the molecule is COc1ccc(C[NH+]2CCN(C(=O)C[C@@H]3C[C@@H]4CC[C@@H]3C4)CC2)c(OC)c1OC. The van der Waals surface area contributed by atoms with E-state index in [0.717, 1.165) is 62.3 Å². The van der Waals surface area contributed by atoms with Crippen LogP contribution in [0.2, 0.25) is 0 Å². The van der Waals surface area contributed by atoms with Crippen LogP contribution in [0.25, 0.3) is 0 Å². The fourth-order valence-electron chi connectivity index (χ4n) is 5.80. The number of methoxy groups -OCH3 is 3. The van der Waals surface area contributed by atoms with E-state index in [9.17, 15) is 4.79 Å². The van der Waals surface area contributed by atoms with Gasteiger partial charge < -0.3 is 24.0 Å². The number of nitrogens with one attached hydrogen (secondary N) is 1. The van der Waals surface area contributed by atoms with Gasteiger partial charge in [-0.25, -0.2) is 0 Å². The normalized spacial score (nSPS) is 26.6. The summed E-state index contributed by atoms with van der Waals surface area (Å²) in [5, 5.41) is 0. The van der Waals surface area contributed by atoms with E-state index in [2.05, 4.69) is 11.0 Å². The van der Waals surface area contributed by atoms with Gasteiger partial charge in [-0.2, -0.15) is 0 Å². The number of nitrogens with zero attached hydrogens (tertiary/aromatic N) is 1. The zero-order valence-corrected chi connectivity index (χ0v) is 18.0. The van der Waals surface area contributed by atoms with E-state index in [-0.39, 0.29) is 0 Å². The molecule has 1 aromatic rings. The summed E-state index contributed by atoms with van der Waals surface area (Å²) in [6.07, 6.45) is 6.20. The molecule has 6 nitrogen and oxygen atoms in total. The molecule has 3 aliphatic rings. The lowest BCUT2D eigenvalue weighted by Gasteiger charge is -2.34. The van der Waals surface area contributed by atoms with Crippen LogP contribution in [0.5, 0.6) is 17.2 Å². The van der Waals surface area contributed by atoms with Crippen LogP contribution < -0.4 is 19.1 Å². The molecule has 2 saturated carbocycles. The van der Waals surface area contributed by atoms with E-state index < -0.39 is 0 Å². The first kappa shape index (κ1) is 20.3. The second-order valence-corrected chi connectivity index (χ2v) is 8.94. The van der Waals surface area contributed by atoms with Gasteiger partial charge in [-0.05, 0) is 49.1 Å². The second kappa shape index (κ2) is 8.82. The molecule has 160 valence electrons. The van der Waals surface area contributed by atoms with Crippen molar-refractivity contribution in [3.63, 3.8) is 0 Å². The summed E-state index contributed by atoms with van der Waals surface area (Å²) in [5.41, 5.74) is 1.11. The monoisotopic (exact) mass is 403 g/mol. The number of ether oxygens (including phenoxy) is 3. The number of amides is 1. The number of hydrogen-bond acceptors (Lipinski definition) is 4. The average Bonchev–Trinajstić information content (AvgIpc) is 3.37. The van der Waals surface area contributed by atoms with Crippen LogP contribution in [0.15, 0.2) is 12.1 Å². The largest absolute Gasteiger partial charge is 0.493 e. The molecular weight excluding hydrogens is 368 g/mol. The van der Waals surface area contributed by atoms with Crippen LogP contribution in [0.1, 0.15) is 37.7 Å². The van der Waals surface area contributed by atoms with Gasteiger partial charge in [0, 0.05) is 6.42 Å². The van der Waals surface area contributed by atoms with Crippen LogP contribution in [-0.4, -0.2) is 58.3 Å². The maximum atomic E-state index is 12.8. The van der Waals surface area contributed by atoms with E-state index in [1.165, 1.54) is 30.6 Å². The third-order valence-electron chi connectivity index (χ3n) is 7.37. The van der Waals surface area contributed by atoms with Crippen molar-refractivity contribution in [3.05, 3.63) is 17.7 Å². The van der Waals surface area contributed by atoms with E-state index in [4.69, 9.17) is 14.2 Å².